The van der Waals surface area contributed by atoms with E-state index in [-0.39, 0.29) is 36.4 Å². The highest BCUT2D eigenvalue weighted by Crippen LogP contribution is 2.24. The van der Waals surface area contributed by atoms with Gasteiger partial charge in [0.2, 0.25) is 5.91 Å². The lowest BCUT2D eigenvalue weighted by Gasteiger charge is -2.27. The first kappa shape index (κ1) is 17.8. The van der Waals surface area contributed by atoms with Gasteiger partial charge in [0.15, 0.2) is 9.84 Å². The molecule has 1 unspecified atom stereocenters. The predicted octanol–water partition coefficient (Wildman–Crippen LogP) is 3.19. The quantitative estimate of drug-likeness (QED) is 0.679. The van der Waals surface area contributed by atoms with Crippen molar-refractivity contribution in [3.63, 3.8) is 0 Å². The summed E-state index contributed by atoms with van der Waals surface area (Å²) in [6.45, 7) is 0.288. The van der Waals surface area contributed by atoms with Crippen molar-refractivity contribution in [1.82, 2.24) is 4.90 Å². The molecule has 1 atom stereocenters. The van der Waals surface area contributed by atoms with Crippen molar-refractivity contribution in [2.45, 2.75) is 25.4 Å². The molecule has 27 heavy (non-hydrogen) atoms. The summed E-state index contributed by atoms with van der Waals surface area (Å²) in [5.41, 5.74) is 0.948. The van der Waals surface area contributed by atoms with E-state index < -0.39 is 9.84 Å². The van der Waals surface area contributed by atoms with Gasteiger partial charge in [-0.1, -0.05) is 42.5 Å². The van der Waals surface area contributed by atoms with Gasteiger partial charge in [-0.25, -0.2) is 8.42 Å². The number of rotatable bonds is 5. The molecule has 0 N–H and O–H groups in total. The number of nitrogens with zero attached hydrogens (tertiary/aromatic N) is 1. The van der Waals surface area contributed by atoms with Crippen molar-refractivity contribution in [2.24, 2.45) is 0 Å². The minimum Gasteiger partial charge on any atom is -0.467 e. The Hall–Kier alpha value is -2.60. The number of benzene rings is 2. The van der Waals surface area contributed by atoms with Gasteiger partial charge in [0.25, 0.3) is 0 Å². The first-order valence-electron chi connectivity index (χ1n) is 9.01. The van der Waals surface area contributed by atoms with Crippen LogP contribution in [0.15, 0.2) is 65.3 Å². The molecule has 0 spiro atoms. The molecule has 1 amide bonds. The topological polar surface area (TPSA) is 67.6 Å². The average Bonchev–Trinajstić information content (AvgIpc) is 3.29. The monoisotopic (exact) mass is 383 g/mol. The maximum atomic E-state index is 13.2. The Morgan fingerprint density at radius 1 is 1.07 bits per heavy atom. The largest absolute Gasteiger partial charge is 0.467 e. The highest BCUT2D eigenvalue weighted by atomic mass is 32.2. The van der Waals surface area contributed by atoms with E-state index in [1.807, 2.05) is 48.5 Å². The molecule has 0 saturated carbocycles. The highest BCUT2D eigenvalue weighted by Gasteiger charge is 2.35. The number of fused-ring (bicyclic) bond motifs is 1. The van der Waals surface area contributed by atoms with Gasteiger partial charge in [-0.3, -0.25) is 4.79 Å². The summed E-state index contributed by atoms with van der Waals surface area (Å²) < 4.78 is 29.3. The molecule has 5 nitrogen and oxygen atoms in total. The molecule has 1 fully saturated rings. The number of hydrogen-bond donors (Lipinski definition) is 0. The van der Waals surface area contributed by atoms with Crippen LogP contribution < -0.4 is 0 Å². The van der Waals surface area contributed by atoms with E-state index >= 15 is 0 Å². The summed E-state index contributed by atoms with van der Waals surface area (Å²) in [6, 6.07) is 17.2. The summed E-state index contributed by atoms with van der Waals surface area (Å²) in [6.07, 6.45) is 2.27. The maximum absolute atomic E-state index is 13.2. The molecule has 1 saturated heterocycles. The number of sulfone groups is 1. The zero-order valence-corrected chi connectivity index (χ0v) is 15.7. The zero-order valence-electron chi connectivity index (χ0n) is 14.9. The average molecular weight is 383 g/mol. The number of carbonyl (C=O) groups excluding carboxylic acids is 1. The minimum atomic E-state index is -3.08. The van der Waals surface area contributed by atoms with Gasteiger partial charge in [-0.05, 0) is 34.9 Å². The van der Waals surface area contributed by atoms with Gasteiger partial charge >= 0.3 is 0 Å². The molecule has 4 rings (SSSR count). The Morgan fingerprint density at radius 3 is 2.63 bits per heavy atom. The van der Waals surface area contributed by atoms with Crippen LogP contribution in [0.1, 0.15) is 17.7 Å². The van der Waals surface area contributed by atoms with Gasteiger partial charge in [-0.2, -0.15) is 0 Å². The van der Waals surface area contributed by atoms with Crippen LogP contribution in [0.2, 0.25) is 0 Å². The number of amides is 1. The summed E-state index contributed by atoms with van der Waals surface area (Å²) >= 11 is 0. The van der Waals surface area contributed by atoms with E-state index in [0.717, 1.165) is 16.3 Å². The fraction of sp³-hybridized carbons (Fsp3) is 0.286. The molecule has 1 aromatic heterocycles. The van der Waals surface area contributed by atoms with Gasteiger partial charge < -0.3 is 9.32 Å². The van der Waals surface area contributed by atoms with E-state index in [1.54, 1.807) is 17.2 Å². The second-order valence-corrected chi connectivity index (χ2v) is 9.20. The lowest BCUT2D eigenvalue weighted by molar-refractivity contribution is -0.133. The summed E-state index contributed by atoms with van der Waals surface area (Å²) in [7, 11) is -3.08. The predicted molar refractivity (Wildman–Crippen MR) is 104 cm³/mol. The van der Waals surface area contributed by atoms with E-state index in [1.165, 1.54) is 0 Å². The lowest BCUT2D eigenvalue weighted by atomic mass is 10.0. The van der Waals surface area contributed by atoms with E-state index in [9.17, 15) is 13.2 Å². The van der Waals surface area contributed by atoms with E-state index in [2.05, 4.69) is 0 Å². The molecule has 2 heterocycles. The summed E-state index contributed by atoms with van der Waals surface area (Å²) in [4.78, 5) is 14.8. The zero-order chi connectivity index (χ0) is 18.9. The Labute approximate surface area is 158 Å². The molecule has 0 bridgehead atoms. The second kappa shape index (κ2) is 7.19. The molecular weight excluding hydrogens is 362 g/mol. The van der Waals surface area contributed by atoms with Crippen LogP contribution in [0.25, 0.3) is 10.8 Å². The van der Waals surface area contributed by atoms with Crippen LogP contribution in [0.5, 0.6) is 0 Å². The highest BCUT2D eigenvalue weighted by molar-refractivity contribution is 7.91. The Bertz CT molecular complexity index is 1050. The molecule has 6 heteroatoms. The summed E-state index contributed by atoms with van der Waals surface area (Å²) in [5.74, 6) is 0.735. The van der Waals surface area contributed by atoms with Crippen LogP contribution in [-0.4, -0.2) is 36.8 Å². The third-order valence-electron chi connectivity index (χ3n) is 5.10. The van der Waals surface area contributed by atoms with Crippen LogP contribution in [0.4, 0.5) is 0 Å². The van der Waals surface area contributed by atoms with Crippen molar-refractivity contribution >= 4 is 26.5 Å². The fourth-order valence-corrected chi connectivity index (χ4v) is 5.45. The van der Waals surface area contributed by atoms with Crippen molar-refractivity contribution < 1.29 is 17.6 Å². The Balaban J connectivity index is 1.61. The fourth-order valence-electron chi connectivity index (χ4n) is 3.72. The number of furan rings is 1. The molecule has 1 aliphatic rings. The van der Waals surface area contributed by atoms with Gasteiger partial charge in [0.05, 0.1) is 30.7 Å². The molecule has 0 radical (unpaired) electrons. The Kier molecular flexibility index (Phi) is 4.74. The maximum Gasteiger partial charge on any atom is 0.227 e. The van der Waals surface area contributed by atoms with Gasteiger partial charge in [-0.15, -0.1) is 0 Å². The molecule has 140 valence electrons. The van der Waals surface area contributed by atoms with E-state index in [4.69, 9.17) is 4.42 Å². The molecule has 0 aliphatic carbocycles. The van der Waals surface area contributed by atoms with Crippen LogP contribution in [0.3, 0.4) is 0 Å². The van der Waals surface area contributed by atoms with E-state index in [0.29, 0.717) is 12.2 Å². The molecular formula is C21H21NO4S. The number of carbonyl (C=O) groups is 1. The Morgan fingerprint density at radius 2 is 1.89 bits per heavy atom. The first-order chi connectivity index (χ1) is 13.0. The van der Waals surface area contributed by atoms with Crippen LogP contribution in [0, 0.1) is 0 Å². The van der Waals surface area contributed by atoms with Crippen molar-refractivity contribution in [3.8, 4) is 0 Å². The third kappa shape index (κ3) is 3.90. The lowest BCUT2D eigenvalue weighted by Crippen LogP contribution is -2.41. The third-order valence-corrected chi connectivity index (χ3v) is 6.85. The first-order valence-corrected chi connectivity index (χ1v) is 10.8. The summed E-state index contributed by atoms with van der Waals surface area (Å²) in [5, 5.41) is 2.13. The molecule has 2 aromatic carbocycles. The molecule has 1 aliphatic heterocycles. The van der Waals surface area contributed by atoms with Crippen molar-refractivity contribution in [2.75, 3.05) is 11.5 Å². The second-order valence-electron chi connectivity index (χ2n) is 6.97. The van der Waals surface area contributed by atoms with Crippen molar-refractivity contribution in [1.29, 1.82) is 0 Å². The van der Waals surface area contributed by atoms with Crippen molar-refractivity contribution in [3.05, 3.63) is 72.2 Å². The van der Waals surface area contributed by atoms with Crippen LogP contribution >= 0.6 is 0 Å². The number of hydrogen-bond acceptors (Lipinski definition) is 4. The van der Waals surface area contributed by atoms with Gasteiger partial charge in [0, 0.05) is 6.04 Å². The smallest absolute Gasteiger partial charge is 0.227 e. The normalized spacial score (nSPS) is 18.6. The SMILES string of the molecule is O=C(Cc1cccc2ccccc12)N(Cc1ccco1)C1CCS(=O)(=O)C1. The standard InChI is InChI=1S/C21H21NO4S/c23-21(13-17-7-3-6-16-5-1-2-9-20(16)17)22(14-19-8-4-11-26-19)18-10-12-27(24,25)15-18/h1-9,11,18H,10,12-15H2. The minimum absolute atomic E-state index is 0.0228. The van der Waals surface area contributed by atoms with Crippen LogP contribution in [-0.2, 0) is 27.6 Å². The molecule has 3 aromatic rings. The van der Waals surface area contributed by atoms with Gasteiger partial charge in [0.1, 0.15) is 5.76 Å².